The molecule has 0 saturated heterocycles. The van der Waals surface area contributed by atoms with Gasteiger partial charge in [-0.1, -0.05) is 53.4 Å². The molecule has 0 spiro atoms. The Hall–Kier alpha value is -2.88. The molecule has 146 valence electrons. The number of pyridine rings is 1. The lowest BCUT2D eigenvalue weighted by Gasteiger charge is -2.14. The van der Waals surface area contributed by atoms with Crippen LogP contribution in [0.25, 0.3) is 10.8 Å². The molecule has 5 nitrogen and oxygen atoms in total. The molecule has 1 aromatic heterocycles. The molecule has 6 heteroatoms. The van der Waals surface area contributed by atoms with Gasteiger partial charge in [0.1, 0.15) is 10.1 Å². The summed E-state index contributed by atoms with van der Waals surface area (Å²) in [5.74, 6) is 12.0. The number of rotatable bonds is 1. The second kappa shape index (κ2) is 8.87. The van der Waals surface area contributed by atoms with Crippen LogP contribution in [0.3, 0.4) is 0 Å². The minimum Gasteiger partial charge on any atom is -0.744 e. The van der Waals surface area contributed by atoms with Crippen LogP contribution in [0.2, 0.25) is 0 Å². The highest BCUT2D eigenvalue weighted by atomic mass is 32.2. The zero-order chi connectivity index (χ0) is 20.9. The molecule has 3 aromatic rings. The maximum absolute atomic E-state index is 10.8. The second-order valence-electron chi connectivity index (χ2n) is 6.50. The zero-order valence-electron chi connectivity index (χ0n) is 16.5. The normalized spacial score (nSPS) is 10.6. The predicted octanol–water partition coefficient (Wildman–Crippen LogP) is 3.12. The topological polar surface area (TPSA) is 87.1 Å². The zero-order valence-corrected chi connectivity index (χ0v) is 17.3. The average molecular weight is 397 g/mol. The molecule has 0 saturated carbocycles. The fourth-order valence-electron chi connectivity index (χ4n) is 3.10. The van der Waals surface area contributed by atoms with E-state index in [9.17, 15) is 13.0 Å². The van der Waals surface area contributed by atoms with E-state index in [0.717, 1.165) is 23.1 Å². The van der Waals surface area contributed by atoms with E-state index in [-0.39, 0.29) is 4.90 Å². The third kappa shape index (κ3) is 5.10. The Morgan fingerprint density at radius 3 is 2.25 bits per heavy atom. The summed E-state index contributed by atoms with van der Waals surface area (Å²) in [7, 11) is -4.33. The summed E-state index contributed by atoms with van der Waals surface area (Å²) in [5.41, 5.74) is 2.87. The quantitative estimate of drug-likeness (QED) is 0.296. The van der Waals surface area contributed by atoms with Gasteiger partial charge in [0.25, 0.3) is 5.69 Å². The van der Waals surface area contributed by atoms with Gasteiger partial charge in [0, 0.05) is 18.4 Å². The average Bonchev–Trinajstić information content (AvgIpc) is 2.59. The molecule has 0 atom stereocenters. The Morgan fingerprint density at radius 2 is 1.68 bits per heavy atom. The number of fused-ring (bicyclic) bond motifs is 1. The van der Waals surface area contributed by atoms with Crippen molar-refractivity contribution < 1.29 is 17.6 Å². The molecule has 0 fully saturated rings. The number of hydrogen-bond acceptors (Lipinski definition) is 4. The molecule has 0 radical (unpaired) electrons. The van der Waals surface area contributed by atoms with Gasteiger partial charge in [-0.25, -0.2) is 14.3 Å². The number of nitrogens with zero attached hydrogens (tertiary/aromatic N) is 1. The first-order valence-electron chi connectivity index (χ1n) is 8.86. The molecule has 0 amide bonds. The number of hydrogen-bond donors (Lipinski definition) is 1. The highest BCUT2D eigenvalue weighted by molar-refractivity contribution is 7.85. The van der Waals surface area contributed by atoms with Crippen molar-refractivity contribution in [3.05, 3.63) is 71.0 Å². The lowest BCUT2D eigenvalue weighted by molar-refractivity contribution is -0.640. The van der Waals surface area contributed by atoms with Crippen molar-refractivity contribution in [2.45, 2.75) is 39.0 Å². The number of benzene rings is 2. The molecule has 0 unspecified atom stereocenters. The van der Waals surface area contributed by atoms with Crippen molar-refractivity contribution in [1.82, 2.24) is 0 Å². The largest absolute Gasteiger partial charge is 0.744 e. The van der Waals surface area contributed by atoms with Crippen molar-refractivity contribution in [1.29, 1.82) is 0 Å². The molecule has 28 heavy (non-hydrogen) atoms. The molecule has 0 aliphatic heterocycles. The molecule has 2 N–H and O–H groups in total. The van der Waals surface area contributed by atoms with Crippen LogP contribution in [-0.4, -0.2) is 13.0 Å². The Labute approximate surface area is 166 Å². The second-order valence-corrected chi connectivity index (χ2v) is 7.81. The molecule has 1 heterocycles. The van der Waals surface area contributed by atoms with Gasteiger partial charge in [-0.3, -0.25) is 0 Å². The van der Waals surface area contributed by atoms with Crippen LogP contribution in [0.4, 0.5) is 0 Å². The molecular formula is C22H24N2O3S. The van der Waals surface area contributed by atoms with Crippen molar-refractivity contribution in [2.24, 2.45) is 0 Å². The van der Waals surface area contributed by atoms with Crippen LogP contribution < -0.4 is 10.5 Å². The molecule has 2 aromatic carbocycles. The molecule has 3 rings (SSSR count). The van der Waals surface area contributed by atoms with Gasteiger partial charge < -0.3 is 4.55 Å². The van der Waals surface area contributed by atoms with Gasteiger partial charge in [-0.15, -0.1) is 0 Å². The maximum atomic E-state index is 10.8. The van der Waals surface area contributed by atoms with E-state index in [0.29, 0.717) is 11.1 Å². The van der Waals surface area contributed by atoms with E-state index in [1.165, 1.54) is 5.39 Å². The lowest BCUT2D eigenvalue weighted by atomic mass is 10.1. The minimum atomic E-state index is -4.33. The van der Waals surface area contributed by atoms with Crippen molar-refractivity contribution in [3.8, 4) is 11.8 Å². The number of nitrogens with two attached hydrogens (primary N) is 1. The molecular weight excluding hydrogens is 372 g/mol. The Morgan fingerprint density at radius 1 is 1.07 bits per heavy atom. The first kappa shape index (κ1) is 21.4. The van der Waals surface area contributed by atoms with E-state index >= 15 is 0 Å². The van der Waals surface area contributed by atoms with E-state index < -0.39 is 10.1 Å². The maximum Gasteiger partial charge on any atom is 0.293 e. The summed E-state index contributed by atoms with van der Waals surface area (Å²) in [5, 5.41) is 2.27. The van der Waals surface area contributed by atoms with Gasteiger partial charge in [0.05, 0.1) is 10.3 Å². The molecule has 0 aliphatic carbocycles. The summed E-state index contributed by atoms with van der Waals surface area (Å²) in [6.07, 6.45) is 2.67. The highest BCUT2D eigenvalue weighted by Gasteiger charge is 2.10. The first-order chi connectivity index (χ1) is 13.1. The number of aromatic nitrogens is 1. The van der Waals surface area contributed by atoms with Gasteiger partial charge in [0.2, 0.25) is 6.20 Å². The SMILES string of the molecule is CCC#Cc1c2ccccc2cc[n+]1N.Cc1cc(C)c(S(=O)(=O)[O-])c(C)c1. The van der Waals surface area contributed by atoms with Crippen LogP contribution in [0.1, 0.15) is 35.7 Å². The lowest BCUT2D eigenvalue weighted by Crippen LogP contribution is -2.47. The summed E-state index contributed by atoms with van der Waals surface area (Å²) in [4.78, 5) is -0.0851. The minimum absolute atomic E-state index is 0.0851. The number of aryl methyl sites for hydroxylation is 3. The third-order valence-electron chi connectivity index (χ3n) is 4.13. The Balaban J connectivity index is 0.000000203. The Kier molecular flexibility index (Phi) is 6.79. The van der Waals surface area contributed by atoms with E-state index in [1.807, 2.05) is 44.3 Å². The fraction of sp³-hybridized carbons (Fsp3) is 0.227. The van der Waals surface area contributed by atoms with Crippen LogP contribution in [0.15, 0.2) is 53.6 Å². The van der Waals surface area contributed by atoms with Crippen LogP contribution >= 0.6 is 0 Å². The van der Waals surface area contributed by atoms with Crippen LogP contribution in [0, 0.1) is 32.6 Å². The van der Waals surface area contributed by atoms with E-state index in [4.69, 9.17) is 5.84 Å². The van der Waals surface area contributed by atoms with Crippen molar-refractivity contribution in [2.75, 3.05) is 5.84 Å². The first-order valence-corrected chi connectivity index (χ1v) is 10.3. The van der Waals surface area contributed by atoms with Gasteiger partial charge in [0.15, 0.2) is 0 Å². The fourth-order valence-corrected chi connectivity index (χ4v) is 4.00. The smallest absolute Gasteiger partial charge is 0.293 e. The standard InChI is InChI=1S/C13H13N2.C9H12O3S/c1-2-3-8-13-12-7-5-4-6-11(12)9-10-15(13)14;1-6-4-7(2)9(8(3)5-6)13(10,11)12/h4-7,9-10H,2,14H2,1H3;4-5H,1-3H3,(H,10,11,12)/q+1;/p-1. The van der Waals surface area contributed by atoms with Gasteiger partial charge in [-0.2, -0.15) is 0 Å². The summed E-state index contributed by atoms with van der Waals surface area (Å²) in [6.45, 7) is 7.15. The van der Waals surface area contributed by atoms with Gasteiger partial charge in [-0.05, 0) is 43.4 Å². The van der Waals surface area contributed by atoms with Crippen molar-refractivity contribution in [3.63, 3.8) is 0 Å². The monoisotopic (exact) mass is 396 g/mol. The number of nitrogen functional groups attached to an aromatic ring is 1. The Bertz CT molecular complexity index is 1150. The van der Waals surface area contributed by atoms with Crippen LogP contribution in [0.5, 0.6) is 0 Å². The predicted molar refractivity (Wildman–Crippen MR) is 110 cm³/mol. The molecule has 0 bridgehead atoms. The van der Waals surface area contributed by atoms with Gasteiger partial charge >= 0.3 is 0 Å². The summed E-state index contributed by atoms with van der Waals surface area (Å²) in [6, 6.07) is 13.5. The third-order valence-corrected chi connectivity index (χ3v) is 5.27. The van der Waals surface area contributed by atoms with Crippen LogP contribution in [-0.2, 0) is 10.1 Å². The van der Waals surface area contributed by atoms with Crippen molar-refractivity contribution >= 4 is 20.9 Å². The molecule has 0 aliphatic rings. The van der Waals surface area contributed by atoms with E-state index in [1.54, 1.807) is 30.7 Å². The summed E-state index contributed by atoms with van der Waals surface area (Å²) >= 11 is 0. The highest BCUT2D eigenvalue weighted by Crippen LogP contribution is 2.20. The summed E-state index contributed by atoms with van der Waals surface area (Å²) < 4.78 is 34.1. The van der Waals surface area contributed by atoms with E-state index in [2.05, 4.69) is 17.9 Å².